The molecule has 0 bridgehead atoms. The third kappa shape index (κ3) is 3.30. The first-order valence-corrected chi connectivity index (χ1v) is 10.1. The van der Waals surface area contributed by atoms with E-state index < -0.39 is 0 Å². The van der Waals surface area contributed by atoms with Crippen molar-refractivity contribution in [2.75, 3.05) is 50.9 Å². The number of nitrogens with zero attached hydrogens (tertiary/aromatic N) is 6. The van der Waals surface area contributed by atoms with Gasteiger partial charge in [-0.05, 0) is 32.6 Å². The van der Waals surface area contributed by atoms with Crippen LogP contribution in [0.2, 0.25) is 0 Å². The number of fused-ring (bicyclic) bond motifs is 1. The summed E-state index contributed by atoms with van der Waals surface area (Å²) in [5.74, 6) is 1.78. The first kappa shape index (κ1) is 17.3. The van der Waals surface area contributed by atoms with Gasteiger partial charge in [-0.15, -0.1) is 0 Å². The zero-order valence-electron chi connectivity index (χ0n) is 16.0. The second kappa shape index (κ2) is 7.00. The van der Waals surface area contributed by atoms with Crippen molar-refractivity contribution in [1.82, 2.24) is 24.5 Å². The lowest BCUT2D eigenvalue weighted by molar-refractivity contribution is -0.151. The van der Waals surface area contributed by atoms with E-state index in [4.69, 9.17) is 9.47 Å². The quantitative estimate of drug-likeness (QED) is 0.787. The Morgan fingerprint density at radius 2 is 1.93 bits per heavy atom. The van der Waals surface area contributed by atoms with Gasteiger partial charge < -0.3 is 14.4 Å². The molecule has 0 radical (unpaired) electrons. The van der Waals surface area contributed by atoms with E-state index in [1.54, 1.807) is 6.33 Å². The molecule has 0 aliphatic carbocycles. The minimum Gasteiger partial charge on any atom is -0.381 e. The molecule has 3 aliphatic heterocycles. The van der Waals surface area contributed by atoms with Crippen LogP contribution >= 0.6 is 0 Å². The molecule has 5 rings (SSSR count). The van der Waals surface area contributed by atoms with Gasteiger partial charge in [-0.3, -0.25) is 4.90 Å². The normalized spacial score (nSPS) is 26.7. The molecule has 1 atom stereocenters. The molecule has 2 aromatic heterocycles. The van der Waals surface area contributed by atoms with Crippen LogP contribution in [0.5, 0.6) is 0 Å². The molecule has 3 aliphatic rings. The average molecular weight is 372 g/mol. The van der Waals surface area contributed by atoms with Crippen molar-refractivity contribution in [1.29, 1.82) is 0 Å². The summed E-state index contributed by atoms with van der Waals surface area (Å²) in [6, 6.07) is 2.74. The smallest absolute Gasteiger partial charge is 0.254 e. The molecule has 1 unspecified atom stereocenters. The summed E-state index contributed by atoms with van der Waals surface area (Å²) in [5, 5.41) is 4.36. The van der Waals surface area contributed by atoms with Gasteiger partial charge in [0.05, 0.1) is 5.60 Å². The van der Waals surface area contributed by atoms with E-state index in [2.05, 4.69) is 30.9 Å². The van der Waals surface area contributed by atoms with Gasteiger partial charge in [-0.25, -0.2) is 4.98 Å². The molecule has 8 nitrogen and oxygen atoms in total. The largest absolute Gasteiger partial charge is 0.381 e. The molecular weight excluding hydrogens is 344 g/mol. The summed E-state index contributed by atoms with van der Waals surface area (Å²) < 4.78 is 13.6. The predicted molar refractivity (Wildman–Crippen MR) is 101 cm³/mol. The van der Waals surface area contributed by atoms with Gasteiger partial charge in [-0.1, -0.05) is 0 Å². The van der Waals surface area contributed by atoms with Crippen LogP contribution in [0.1, 0.15) is 31.4 Å². The Balaban J connectivity index is 1.26. The van der Waals surface area contributed by atoms with Crippen molar-refractivity contribution in [3.05, 3.63) is 18.1 Å². The fourth-order valence-electron chi connectivity index (χ4n) is 4.86. The molecule has 27 heavy (non-hydrogen) atoms. The number of aryl methyl sites for hydroxylation is 1. The minimum atomic E-state index is 0.0629. The fraction of sp³-hybridized carbons (Fsp3) is 0.737. The van der Waals surface area contributed by atoms with E-state index in [1.165, 1.54) is 0 Å². The van der Waals surface area contributed by atoms with Crippen molar-refractivity contribution in [2.24, 2.45) is 0 Å². The maximum atomic E-state index is 6.23. The highest BCUT2D eigenvalue weighted by molar-refractivity contribution is 5.47. The van der Waals surface area contributed by atoms with Gasteiger partial charge in [-0.2, -0.15) is 14.6 Å². The Morgan fingerprint density at radius 3 is 2.74 bits per heavy atom. The van der Waals surface area contributed by atoms with E-state index in [-0.39, 0.29) is 5.60 Å². The summed E-state index contributed by atoms with van der Waals surface area (Å²) in [5.41, 5.74) is 1.05. The van der Waals surface area contributed by atoms with Crippen LogP contribution < -0.4 is 4.90 Å². The highest BCUT2D eigenvalue weighted by Gasteiger charge is 2.41. The number of piperazine rings is 1. The van der Waals surface area contributed by atoms with Gasteiger partial charge in [0, 0.05) is 63.8 Å². The zero-order chi connectivity index (χ0) is 18.3. The van der Waals surface area contributed by atoms with Crippen LogP contribution in [0.15, 0.2) is 12.4 Å². The van der Waals surface area contributed by atoms with Crippen LogP contribution in [-0.4, -0.2) is 82.1 Å². The number of rotatable bonds is 2. The fourth-order valence-corrected chi connectivity index (χ4v) is 4.86. The van der Waals surface area contributed by atoms with Crippen molar-refractivity contribution >= 4 is 11.6 Å². The second-order valence-corrected chi connectivity index (χ2v) is 8.04. The monoisotopic (exact) mass is 372 g/mol. The standard InChI is InChI=1S/C19H28N6O2/c1-15-12-17(25-18(22-15)20-14-21-25)24-7-5-23(6-8-24)16-2-9-27-19(13-16)3-10-26-11-4-19/h12,14,16H,2-11,13H2,1H3. The van der Waals surface area contributed by atoms with Gasteiger partial charge >= 0.3 is 0 Å². The van der Waals surface area contributed by atoms with Gasteiger partial charge in [0.25, 0.3) is 5.78 Å². The molecule has 3 fully saturated rings. The Bertz CT molecular complexity index is 789. The predicted octanol–water partition coefficient (Wildman–Crippen LogP) is 1.28. The van der Waals surface area contributed by atoms with Crippen molar-refractivity contribution in [3.63, 3.8) is 0 Å². The first-order valence-electron chi connectivity index (χ1n) is 10.1. The molecule has 0 amide bonds. The number of aromatic nitrogens is 4. The third-order valence-electron chi connectivity index (χ3n) is 6.39. The maximum absolute atomic E-state index is 6.23. The van der Waals surface area contributed by atoms with E-state index in [1.807, 2.05) is 11.4 Å². The van der Waals surface area contributed by atoms with Gasteiger partial charge in [0.1, 0.15) is 12.1 Å². The summed E-state index contributed by atoms with van der Waals surface area (Å²) >= 11 is 0. The first-order chi connectivity index (χ1) is 13.2. The SMILES string of the molecule is Cc1cc(N2CCN(C3CCOC4(CCOCC4)C3)CC2)n2ncnc2n1. The maximum Gasteiger partial charge on any atom is 0.254 e. The Morgan fingerprint density at radius 1 is 1.11 bits per heavy atom. The lowest BCUT2D eigenvalue weighted by Gasteiger charge is -2.48. The summed E-state index contributed by atoms with van der Waals surface area (Å²) in [6.45, 7) is 8.75. The Kier molecular flexibility index (Phi) is 4.49. The third-order valence-corrected chi connectivity index (χ3v) is 6.39. The Labute approximate surface area is 159 Å². The second-order valence-electron chi connectivity index (χ2n) is 8.04. The van der Waals surface area contributed by atoms with E-state index >= 15 is 0 Å². The number of ether oxygens (including phenoxy) is 2. The molecule has 0 saturated carbocycles. The van der Waals surface area contributed by atoms with Gasteiger partial charge in [0.2, 0.25) is 0 Å². The minimum absolute atomic E-state index is 0.0629. The molecule has 146 valence electrons. The van der Waals surface area contributed by atoms with E-state index in [0.29, 0.717) is 11.8 Å². The van der Waals surface area contributed by atoms with Crippen LogP contribution in [0, 0.1) is 6.92 Å². The lowest BCUT2D eigenvalue weighted by atomic mass is 9.83. The molecule has 2 aromatic rings. The zero-order valence-corrected chi connectivity index (χ0v) is 16.0. The molecule has 1 spiro atoms. The number of anilines is 1. The molecule has 3 saturated heterocycles. The van der Waals surface area contributed by atoms with Crippen molar-refractivity contribution < 1.29 is 9.47 Å². The van der Waals surface area contributed by atoms with Crippen LogP contribution in [-0.2, 0) is 9.47 Å². The Hall–Kier alpha value is -1.77. The van der Waals surface area contributed by atoms with Crippen LogP contribution in [0.3, 0.4) is 0 Å². The molecule has 0 aromatic carbocycles. The van der Waals surface area contributed by atoms with E-state index in [0.717, 1.165) is 83.2 Å². The summed E-state index contributed by atoms with van der Waals surface area (Å²) in [4.78, 5) is 13.8. The number of hydrogen-bond acceptors (Lipinski definition) is 7. The topological polar surface area (TPSA) is 68.0 Å². The summed E-state index contributed by atoms with van der Waals surface area (Å²) in [6.07, 6.45) is 5.97. The molecule has 0 N–H and O–H groups in total. The lowest BCUT2D eigenvalue weighted by Crippen LogP contribution is -2.56. The molecule has 5 heterocycles. The van der Waals surface area contributed by atoms with E-state index in [9.17, 15) is 0 Å². The van der Waals surface area contributed by atoms with Crippen molar-refractivity contribution in [2.45, 2.75) is 44.2 Å². The van der Waals surface area contributed by atoms with Gasteiger partial charge in [0.15, 0.2) is 0 Å². The number of hydrogen-bond donors (Lipinski definition) is 0. The highest BCUT2D eigenvalue weighted by Crippen LogP contribution is 2.36. The highest BCUT2D eigenvalue weighted by atomic mass is 16.5. The molecule has 8 heteroatoms. The summed E-state index contributed by atoms with van der Waals surface area (Å²) in [7, 11) is 0. The van der Waals surface area contributed by atoms with Crippen LogP contribution in [0.25, 0.3) is 5.78 Å². The molecular formula is C19H28N6O2. The van der Waals surface area contributed by atoms with Crippen molar-refractivity contribution in [3.8, 4) is 0 Å². The van der Waals surface area contributed by atoms with Crippen LogP contribution in [0.4, 0.5) is 5.82 Å². The average Bonchev–Trinajstić information content (AvgIpc) is 3.16.